The number of fused-ring (bicyclic) bond motifs is 6. The zero-order valence-electron chi connectivity index (χ0n) is 36.1. The summed E-state index contributed by atoms with van der Waals surface area (Å²) in [5.74, 6) is 0.988. The van der Waals surface area contributed by atoms with Crippen LogP contribution < -0.4 is 16.0 Å². The second kappa shape index (κ2) is 15.3. The highest BCUT2D eigenvalue weighted by Gasteiger charge is 2.41. The van der Waals surface area contributed by atoms with Crippen molar-refractivity contribution in [1.29, 1.82) is 0 Å². The maximum absolute atomic E-state index is 13.8. The zero-order chi connectivity index (χ0) is 44.8. The molecule has 328 valence electrons. The number of carbonyl (C=O) groups excluding carboxylic acids is 1. The largest absolute Gasteiger partial charge is 0.508 e. The van der Waals surface area contributed by atoms with Gasteiger partial charge in [-0.2, -0.15) is 5.10 Å². The molecule has 1 atom stereocenters. The number of nitrogens with one attached hydrogen (secondary N) is 1. The van der Waals surface area contributed by atoms with Gasteiger partial charge < -0.3 is 38.8 Å². The van der Waals surface area contributed by atoms with Crippen molar-refractivity contribution in [2.24, 2.45) is 5.92 Å². The average molecular weight is 864 g/mol. The van der Waals surface area contributed by atoms with Crippen LogP contribution in [0.5, 0.6) is 17.2 Å². The number of hydrogen-bond acceptors (Lipinski definition) is 10. The van der Waals surface area contributed by atoms with Crippen LogP contribution in [-0.2, 0) is 36.5 Å². The van der Waals surface area contributed by atoms with Gasteiger partial charge in [-0.05, 0) is 103 Å². The Bertz CT molecular complexity index is 3200. The minimum absolute atomic E-state index is 0.0194. The summed E-state index contributed by atoms with van der Waals surface area (Å²) in [7, 11) is 0. The number of pyridine rings is 2. The van der Waals surface area contributed by atoms with Gasteiger partial charge in [0.05, 0.1) is 40.3 Å². The number of ether oxygens (including phenoxy) is 2. The highest BCUT2D eigenvalue weighted by molar-refractivity contribution is 5.90. The second-order valence-electron chi connectivity index (χ2n) is 17.5. The van der Waals surface area contributed by atoms with Gasteiger partial charge in [-0.3, -0.25) is 4.79 Å². The summed E-state index contributed by atoms with van der Waals surface area (Å²) < 4.78 is 17.0. The van der Waals surface area contributed by atoms with Gasteiger partial charge in [0.1, 0.15) is 35.2 Å². The number of carbonyl (C=O) groups is 1. The summed E-state index contributed by atoms with van der Waals surface area (Å²) in [6, 6.07) is 18.0. The van der Waals surface area contributed by atoms with Crippen LogP contribution in [0.25, 0.3) is 50.3 Å². The smallest absolute Gasteiger partial charge is 0.415 e. The van der Waals surface area contributed by atoms with Crippen LogP contribution in [0.3, 0.4) is 0 Å². The molecule has 3 aliphatic heterocycles. The van der Waals surface area contributed by atoms with E-state index in [1.807, 2.05) is 69.4 Å². The van der Waals surface area contributed by atoms with Crippen molar-refractivity contribution in [2.75, 3.05) is 13.1 Å². The molecule has 0 saturated carbocycles. The number of hydrogen-bond donors (Lipinski definition) is 4. The maximum atomic E-state index is 13.8. The predicted octanol–water partition coefficient (Wildman–Crippen LogP) is 7.57. The summed E-state index contributed by atoms with van der Waals surface area (Å²) >= 11 is 0. The van der Waals surface area contributed by atoms with Gasteiger partial charge in [0.2, 0.25) is 0 Å². The Morgan fingerprint density at radius 2 is 1.81 bits per heavy atom. The topological polar surface area (TPSA) is 190 Å². The van der Waals surface area contributed by atoms with Crippen LogP contribution in [0.15, 0.2) is 88.8 Å². The lowest BCUT2D eigenvalue weighted by Gasteiger charge is -2.35. The number of nitrogens with zero attached hydrogens (tertiary/aromatic N) is 6. The molecule has 3 aliphatic rings. The lowest BCUT2D eigenvalue weighted by molar-refractivity contribution is -0.0172. The van der Waals surface area contributed by atoms with Gasteiger partial charge in [0, 0.05) is 59.3 Å². The molecule has 1 saturated heterocycles. The van der Waals surface area contributed by atoms with Gasteiger partial charge in [0.15, 0.2) is 5.82 Å². The molecule has 1 fully saturated rings. The Morgan fingerprint density at radius 3 is 2.56 bits per heavy atom. The highest BCUT2D eigenvalue weighted by atomic mass is 16.6. The first-order valence-electron chi connectivity index (χ1n) is 21.8. The van der Waals surface area contributed by atoms with Gasteiger partial charge in [-0.15, -0.1) is 0 Å². The molecule has 0 aliphatic carbocycles. The van der Waals surface area contributed by atoms with E-state index in [-0.39, 0.29) is 41.2 Å². The average Bonchev–Trinajstić information content (AvgIpc) is 3.99. The van der Waals surface area contributed by atoms with Gasteiger partial charge in [0.25, 0.3) is 5.56 Å². The number of aromatic hydroxyl groups is 2. The fourth-order valence-electron chi connectivity index (χ4n) is 9.90. The number of phenolic OH excluding ortho intramolecular Hbond substituents is 2. The molecule has 1 amide bonds. The molecule has 7 aromatic rings. The van der Waals surface area contributed by atoms with Gasteiger partial charge in [-0.25, -0.2) is 24.2 Å². The quantitative estimate of drug-likeness (QED) is 0.119. The Kier molecular flexibility index (Phi) is 9.78. The van der Waals surface area contributed by atoms with Crippen molar-refractivity contribution in [3.8, 4) is 45.7 Å². The molecule has 4 N–H and O–H groups in total. The monoisotopic (exact) mass is 863 g/mol. The van der Waals surface area contributed by atoms with Crippen molar-refractivity contribution in [2.45, 2.75) is 84.6 Å². The maximum Gasteiger partial charge on any atom is 0.415 e. The Hall–Kier alpha value is -7.13. The van der Waals surface area contributed by atoms with E-state index >= 15 is 0 Å². The number of amides is 1. The molecule has 3 aromatic carbocycles. The third-order valence-corrected chi connectivity index (χ3v) is 13.5. The molecule has 64 heavy (non-hydrogen) atoms. The van der Waals surface area contributed by atoms with Crippen LogP contribution in [0.2, 0.25) is 0 Å². The second-order valence-corrected chi connectivity index (χ2v) is 17.5. The van der Waals surface area contributed by atoms with Gasteiger partial charge >= 0.3 is 11.8 Å². The molecule has 15 heteroatoms. The number of aromatic nitrogens is 6. The number of piperidine rings is 1. The van der Waals surface area contributed by atoms with E-state index in [4.69, 9.17) is 14.5 Å². The number of likely N-dealkylation sites (tertiary alicyclic amines) is 1. The van der Waals surface area contributed by atoms with E-state index in [0.717, 1.165) is 52.3 Å². The highest BCUT2D eigenvalue weighted by Crippen LogP contribution is 2.43. The van der Waals surface area contributed by atoms with E-state index in [9.17, 15) is 29.7 Å². The van der Waals surface area contributed by atoms with Crippen LogP contribution in [0, 0.1) is 5.92 Å². The molecule has 15 nitrogen and oxygen atoms in total. The summed E-state index contributed by atoms with van der Waals surface area (Å²) in [5, 5.41) is 41.2. The molecular weight excluding hydrogens is 815 g/mol. The first-order chi connectivity index (χ1) is 30.8. The Labute approximate surface area is 367 Å². The number of phenols is 2. The van der Waals surface area contributed by atoms with Crippen LogP contribution in [-0.4, -0.2) is 68.3 Å². The molecule has 4 aromatic heterocycles. The molecule has 0 bridgehead atoms. The van der Waals surface area contributed by atoms with Crippen molar-refractivity contribution < 1.29 is 29.6 Å². The Morgan fingerprint density at radius 1 is 1.02 bits per heavy atom. The summed E-state index contributed by atoms with van der Waals surface area (Å²) in [5.41, 5.74) is 5.40. The van der Waals surface area contributed by atoms with Crippen LogP contribution in [0.1, 0.15) is 80.7 Å². The minimum atomic E-state index is -1.46. The summed E-state index contributed by atoms with van der Waals surface area (Å²) in [4.78, 5) is 47.2. The van der Waals surface area contributed by atoms with E-state index in [2.05, 4.69) is 28.3 Å². The zero-order valence-corrected chi connectivity index (χ0v) is 36.1. The number of aryl methyl sites for hydroxylation is 1. The van der Waals surface area contributed by atoms with Crippen molar-refractivity contribution in [1.82, 2.24) is 33.8 Å². The fraction of sp³-hybridized carbons (Fsp3) is 0.327. The number of rotatable bonds is 8. The Balaban J connectivity index is 0.823. The van der Waals surface area contributed by atoms with E-state index in [1.54, 1.807) is 21.6 Å². The predicted molar refractivity (Wildman–Crippen MR) is 241 cm³/mol. The standard InChI is InChI=1S/C49H49N7O8/c1-6-32-34-19-31(9-10-39(34)50-44-36(32)24-55-41(44)21-38-37(46(55)59)25-63-27(5)49(38,62)7-2)64-48(61)53-15-12-28(13-16-53)23-54-17-14-29-18-30(8-11-40(29)54)56-45(51-52-47(56)60)35-20-33(26(3)4)42(57)22-43(35)58/h8-11,14,17-22,26,28,57-58,62H,5-7,12-13,15-16,23-25H2,1-4H3,(H,52,60). The number of benzene rings is 3. The van der Waals surface area contributed by atoms with E-state index in [1.165, 1.54) is 10.6 Å². The lowest BCUT2D eigenvalue weighted by Crippen LogP contribution is -2.40. The van der Waals surface area contributed by atoms with Crippen molar-refractivity contribution in [3.63, 3.8) is 0 Å². The number of aliphatic hydroxyl groups is 1. The van der Waals surface area contributed by atoms with Crippen LogP contribution >= 0.6 is 0 Å². The molecule has 0 spiro atoms. The van der Waals surface area contributed by atoms with E-state index < -0.39 is 17.4 Å². The molecule has 7 heterocycles. The van der Waals surface area contributed by atoms with Crippen molar-refractivity contribution >= 4 is 27.9 Å². The first-order valence-corrected chi connectivity index (χ1v) is 21.8. The van der Waals surface area contributed by atoms with Crippen molar-refractivity contribution in [3.05, 3.63) is 128 Å². The summed E-state index contributed by atoms with van der Waals surface area (Å²) in [6.45, 7) is 13.9. The fourth-order valence-corrected chi connectivity index (χ4v) is 9.90. The van der Waals surface area contributed by atoms with Crippen LogP contribution in [0.4, 0.5) is 4.79 Å². The SMILES string of the molecule is C=C1OCc2c(cc3n(c2=O)Cc2c-3nc3ccc(OC(=O)N4CCC(Cn5ccc6cc(-n7c(-c8cc(C(C)C)c(O)cc8O)n[nH]c7=O)ccc65)CC4)cc3c2CC)C1(O)CC. The van der Waals surface area contributed by atoms with Gasteiger partial charge in [-0.1, -0.05) is 34.3 Å². The molecule has 10 rings (SSSR count). The normalized spacial score (nSPS) is 17.2. The lowest BCUT2D eigenvalue weighted by atomic mass is 9.84. The third kappa shape index (κ3) is 6.47. The number of aromatic amines is 1. The molecular formula is C49H49N7O8. The number of H-pyrrole nitrogens is 1. The molecule has 1 unspecified atom stereocenters. The van der Waals surface area contributed by atoms with E-state index in [0.29, 0.717) is 83.5 Å². The molecule has 0 radical (unpaired) electrons. The minimum Gasteiger partial charge on any atom is -0.508 e. The first kappa shape index (κ1) is 40.9. The third-order valence-electron chi connectivity index (χ3n) is 13.5. The summed E-state index contributed by atoms with van der Waals surface area (Å²) in [6.07, 6.45) is 4.19.